The van der Waals surface area contributed by atoms with Gasteiger partial charge in [-0.15, -0.1) is 0 Å². The number of rotatable bonds is 3. The zero-order valence-electron chi connectivity index (χ0n) is 19.9. The zero-order chi connectivity index (χ0) is 24.5. The van der Waals surface area contributed by atoms with Crippen molar-refractivity contribution in [3.63, 3.8) is 0 Å². The van der Waals surface area contributed by atoms with Crippen LogP contribution in [0.2, 0.25) is 0 Å². The first-order valence-corrected chi connectivity index (χ1v) is 11.9. The smallest absolute Gasteiger partial charge is 0.238 e. The number of nitrogens with one attached hydrogen (secondary N) is 1. The van der Waals surface area contributed by atoms with E-state index in [0.717, 1.165) is 28.0 Å². The van der Waals surface area contributed by atoms with E-state index in [1.165, 1.54) is 6.92 Å². The minimum Gasteiger partial charge on any atom is -0.352 e. The summed E-state index contributed by atoms with van der Waals surface area (Å²) in [6.07, 6.45) is 2.08. The largest absolute Gasteiger partial charge is 0.352 e. The highest BCUT2D eigenvalue weighted by Gasteiger charge is 2.70. The van der Waals surface area contributed by atoms with Crippen molar-refractivity contribution >= 4 is 34.4 Å². The summed E-state index contributed by atoms with van der Waals surface area (Å²) < 4.78 is 0. The second-order valence-corrected chi connectivity index (χ2v) is 9.85. The van der Waals surface area contributed by atoms with Crippen LogP contribution < -0.4 is 10.2 Å². The Morgan fingerprint density at radius 2 is 1.66 bits per heavy atom. The van der Waals surface area contributed by atoms with E-state index in [1.54, 1.807) is 12.1 Å². The molecule has 5 nitrogen and oxygen atoms in total. The van der Waals surface area contributed by atoms with Gasteiger partial charge in [0.1, 0.15) is 5.41 Å². The summed E-state index contributed by atoms with van der Waals surface area (Å²) in [6, 6.07) is 21.5. The van der Waals surface area contributed by atoms with Gasteiger partial charge in [0.2, 0.25) is 5.91 Å². The predicted octanol–water partition coefficient (Wildman–Crippen LogP) is 4.95. The van der Waals surface area contributed by atoms with Crippen LogP contribution in [-0.2, 0) is 15.0 Å². The number of allylic oxidation sites excluding steroid dienone is 1. The Morgan fingerprint density at radius 1 is 0.943 bits per heavy atom. The van der Waals surface area contributed by atoms with Crippen LogP contribution in [0.1, 0.15) is 40.9 Å². The molecular weight excluding hydrogens is 436 g/mol. The quantitative estimate of drug-likeness (QED) is 0.560. The van der Waals surface area contributed by atoms with Crippen molar-refractivity contribution in [3.8, 4) is 0 Å². The molecule has 35 heavy (non-hydrogen) atoms. The Labute approximate surface area is 204 Å². The van der Waals surface area contributed by atoms with Crippen LogP contribution >= 0.6 is 0 Å². The van der Waals surface area contributed by atoms with Crippen LogP contribution in [0.15, 0.2) is 78.9 Å². The number of hydrogen-bond donors (Lipinski definition) is 1. The molecule has 3 aliphatic heterocycles. The van der Waals surface area contributed by atoms with Gasteiger partial charge in [-0.3, -0.25) is 14.4 Å². The van der Waals surface area contributed by atoms with E-state index in [-0.39, 0.29) is 17.5 Å². The maximum atomic E-state index is 14.3. The normalized spacial score (nSPS) is 26.0. The first kappa shape index (κ1) is 21.5. The second-order valence-electron chi connectivity index (χ2n) is 9.85. The van der Waals surface area contributed by atoms with Crippen molar-refractivity contribution in [1.29, 1.82) is 0 Å². The number of benzene rings is 3. The Hall–Kier alpha value is -3.99. The molecule has 0 aromatic heterocycles. The maximum Gasteiger partial charge on any atom is 0.238 e. The number of aryl methyl sites for hydroxylation is 1. The lowest BCUT2D eigenvalue weighted by atomic mass is 9.64. The van der Waals surface area contributed by atoms with Gasteiger partial charge in [0, 0.05) is 22.5 Å². The lowest BCUT2D eigenvalue weighted by molar-refractivity contribution is -0.122. The summed E-state index contributed by atoms with van der Waals surface area (Å²) >= 11 is 0. The molecule has 1 amide bonds. The number of nitrogens with zero attached hydrogens (tertiary/aromatic N) is 1. The molecule has 0 radical (unpaired) electrons. The fraction of sp³-hybridized carbons (Fsp3) is 0.233. The minimum absolute atomic E-state index is 0.127. The number of anilines is 2. The molecule has 6 rings (SSSR count). The Balaban J connectivity index is 1.69. The average molecular weight is 463 g/mol. The molecule has 3 aromatic carbocycles. The van der Waals surface area contributed by atoms with Crippen molar-refractivity contribution < 1.29 is 14.4 Å². The van der Waals surface area contributed by atoms with E-state index in [2.05, 4.69) is 17.5 Å². The molecule has 0 bridgehead atoms. The molecule has 0 unspecified atom stereocenters. The van der Waals surface area contributed by atoms with Gasteiger partial charge in [0.25, 0.3) is 0 Å². The molecule has 3 aromatic rings. The van der Waals surface area contributed by atoms with E-state index < -0.39 is 23.4 Å². The zero-order valence-corrected chi connectivity index (χ0v) is 19.9. The monoisotopic (exact) mass is 462 g/mol. The fourth-order valence-corrected chi connectivity index (χ4v) is 6.48. The summed E-state index contributed by atoms with van der Waals surface area (Å²) in [7, 11) is 0. The molecule has 1 saturated heterocycles. The van der Waals surface area contributed by atoms with Gasteiger partial charge < -0.3 is 10.2 Å². The highest BCUT2D eigenvalue weighted by atomic mass is 16.2. The molecule has 1 spiro atoms. The van der Waals surface area contributed by atoms with Gasteiger partial charge in [-0.1, -0.05) is 66.2 Å². The van der Waals surface area contributed by atoms with Gasteiger partial charge in [-0.2, -0.15) is 0 Å². The molecule has 174 valence electrons. The third-order valence-corrected chi connectivity index (χ3v) is 7.89. The van der Waals surface area contributed by atoms with E-state index in [9.17, 15) is 14.4 Å². The third kappa shape index (κ3) is 2.78. The number of hydrogen-bond acceptors (Lipinski definition) is 4. The molecule has 4 atom stereocenters. The lowest BCUT2D eigenvalue weighted by Gasteiger charge is -2.39. The molecular formula is C30H26N2O3. The number of carbonyl (C=O) groups is 3. The first-order valence-electron chi connectivity index (χ1n) is 11.9. The predicted molar refractivity (Wildman–Crippen MR) is 137 cm³/mol. The van der Waals surface area contributed by atoms with E-state index in [1.807, 2.05) is 73.3 Å². The topological polar surface area (TPSA) is 66.5 Å². The number of ketones is 2. The highest BCUT2D eigenvalue weighted by molar-refractivity contribution is 6.16. The van der Waals surface area contributed by atoms with Gasteiger partial charge in [-0.05, 0) is 50.1 Å². The first-order chi connectivity index (χ1) is 16.9. The fourth-order valence-electron chi connectivity index (χ4n) is 6.48. The van der Waals surface area contributed by atoms with Crippen LogP contribution in [0.3, 0.4) is 0 Å². The number of carbonyl (C=O) groups excluding carboxylic acids is 3. The average Bonchev–Trinajstić information content (AvgIpc) is 3.32. The van der Waals surface area contributed by atoms with Gasteiger partial charge in [0.15, 0.2) is 11.6 Å². The summed E-state index contributed by atoms with van der Waals surface area (Å²) in [5.41, 5.74) is 4.82. The van der Waals surface area contributed by atoms with Crippen molar-refractivity contribution in [2.45, 2.75) is 38.3 Å². The van der Waals surface area contributed by atoms with Crippen LogP contribution in [0, 0.1) is 12.8 Å². The highest BCUT2D eigenvalue weighted by Crippen LogP contribution is 2.58. The molecule has 0 aliphatic carbocycles. The minimum atomic E-state index is -1.23. The number of amides is 1. The van der Waals surface area contributed by atoms with Crippen molar-refractivity contribution in [1.82, 2.24) is 0 Å². The second kappa shape index (κ2) is 7.51. The Morgan fingerprint density at radius 3 is 2.40 bits per heavy atom. The van der Waals surface area contributed by atoms with Crippen LogP contribution in [0.25, 0.3) is 5.57 Å². The number of para-hydroxylation sites is 1. The Bertz CT molecular complexity index is 1440. The molecule has 3 aliphatic rings. The van der Waals surface area contributed by atoms with Crippen molar-refractivity contribution in [2.24, 2.45) is 5.92 Å². The van der Waals surface area contributed by atoms with Gasteiger partial charge in [0.05, 0.1) is 18.0 Å². The van der Waals surface area contributed by atoms with Gasteiger partial charge in [-0.25, -0.2) is 0 Å². The molecule has 0 saturated carbocycles. The molecule has 5 heteroatoms. The third-order valence-electron chi connectivity index (χ3n) is 7.89. The van der Waals surface area contributed by atoms with Crippen LogP contribution in [-0.4, -0.2) is 29.6 Å². The van der Waals surface area contributed by atoms with Gasteiger partial charge >= 0.3 is 0 Å². The van der Waals surface area contributed by atoms with E-state index in [4.69, 9.17) is 0 Å². The van der Waals surface area contributed by atoms with Crippen LogP contribution in [0.5, 0.6) is 0 Å². The van der Waals surface area contributed by atoms with E-state index in [0.29, 0.717) is 11.3 Å². The number of fused-ring (bicyclic) bond motifs is 6. The summed E-state index contributed by atoms with van der Waals surface area (Å²) in [4.78, 5) is 43.8. The standard InChI is InChI=1S/C30H26N2O3/c1-17-13-14-24-21(15-17)18(2)16-25-30(22-11-7-8-12-23(22)31-29(30)35)26(27(19(3)33)32(24)25)28(34)20-9-5-4-6-10-20/h4-16,25-27H,1-3H3,(H,31,35)/t25-,26-,27+,30-/m0/s1. The lowest BCUT2D eigenvalue weighted by Crippen LogP contribution is -2.51. The Kier molecular flexibility index (Phi) is 4.62. The summed E-state index contributed by atoms with van der Waals surface area (Å²) in [5, 5.41) is 3.05. The summed E-state index contributed by atoms with van der Waals surface area (Å²) in [5.74, 6) is -1.43. The van der Waals surface area contributed by atoms with Crippen LogP contribution in [0.4, 0.5) is 11.4 Å². The van der Waals surface area contributed by atoms with E-state index >= 15 is 0 Å². The SMILES string of the molecule is CC(=O)[C@@H]1[C@@H](C(=O)c2ccccc2)[C@@]2(C(=O)Nc3ccccc32)[C@@H]2C=C(C)c3cc(C)ccc3N12. The van der Waals surface area contributed by atoms with Crippen molar-refractivity contribution in [2.75, 3.05) is 10.2 Å². The van der Waals surface area contributed by atoms with Crippen molar-refractivity contribution in [3.05, 3.63) is 101 Å². The molecule has 3 heterocycles. The number of Topliss-reactive ketones (excluding diaryl/α,β-unsaturated/α-hetero) is 2. The maximum absolute atomic E-state index is 14.3. The summed E-state index contributed by atoms with van der Waals surface area (Å²) in [6.45, 7) is 5.61. The molecule has 1 N–H and O–H groups in total. The molecule has 1 fully saturated rings.